The van der Waals surface area contributed by atoms with E-state index in [0.29, 0.717) is 12.2 Å². The normalized spacial score (nSPS) is 17.5. The van der Waals surface area contributed by atoms with Gasteiger partial charge in [0.2, 0.25) is 0 Å². The monoisotopic (exact) mass is 280 g/mol. The highest BCUT2D eigenvalue weighted by molar-refractivity contribution is 5.47. The molecule has 1 heterocycles. The van der Waals surface area contributed by atoms with Gasteiger partial charge in [0.1, 0.15) is 5.82 Å². The molecule has 0 saturated carbocycles. The van der Waals surface area contributed by atoms with Crippen LogP contribution >= 0.6 is 0 Å². The highest BCUT2D eigenvalue weighted by Gasteiger charge is 2.28. The number of nitrogens with zero attached hydrogens (tertiary/aromatic N) is 2. The first kappa shape index (κ1) is 15.3. The second-order valence-electron chi connectivity index (χ2n) is 5.65. The van der Waals surface area contributed by atoms with E-state index in [1.165, 1.54) is 6.07 Å². The summed E-state index contributed by atoms with van der Waals surface area (Å²) in [6.45, 7) is 8.13. The first-order chi connectivity index (χ1) is 9.58. The number of β-amino-alcohol motifs (C(OH)–C–C–N with tert-alkyl or cyclic N) is 1. The van der Waals surface area contributed by atoms with Crippen LogP contribution in [-0.4, -0.2) is 48.3 Å². The molecule has 4 heteroatoms. The molecule has 1 aliphatic heterocycles. The fraction of sp³-hybridized carbons (Fsp3) is 0.625. The van der Waals surface area contributed by atoms with Crippen LogP contribution in [0.15, 0.2) is 24.3 Å². The Hall–Kier alpha value is -1.13. The number of aliphatic hydroxyl groups is 1. The largest absolute Gasteiger partial charge is 0.389 e. The smallest absolute Gasteiger partial charge is 0.146 e. The maximum atomic E-state index is 13.8. The molecule has 1 N–H and O–H groups in total. The Bertz CT molecular complexity index is 426. The van der Waals surface area contributed by atoms with Gasteiger partial charge < -0.3 is 10.0 Å². The van der Waals surface area contributed by atoms with Crippen LogP contribution in [0.3, 0.4) is 0 Å². The summed E-state index contributed by atoms with van der Waals surface area (Å²) >= 11 is 0. The molecule has 1 fully saturated rings. The van der Waals surface area contributed by atoms with Gasteiger partial charge in [-0.25, -0.2) is 4.39 Å². The van der Waals surface area contributed by atoms with Crippen molar-refractivity contribution in [3.63, 3.8) is 0 Å². The van der Waals surface area contributed by atoms with Crippen molar-refractivity contribution in [2.45, 2.75) is 32.3 Å². The van der Waals surface area contributed by atoms with Crippen molar-refractivity contribution in [2.24, 2.45) is 0 Å². The van der Waals surface area contributed by atoms with Gasteiger partial charge >= 0.3 is 0 Å². The van der Waals surface area contributed by atoms with E-state index >= 15 is 0 Å². The fourth-order valence-electron chi connectivity index (χ4n) is 2.74. The Balaban J connectivity index is 1.91. The Labute approximate surface area is 121 Å². The Morgan fingerprint density at radius 3 is 2.25 bits per heavy atom. The molecule has 0 aliphatic carbocycles. The van der Waals surface area contributed by atoms with E-state index in [1.807, 2.05) is 26.0 Å². The molecule has 0 amide bonds. The SMILES string of the molecule is CCC(O)(CC)CN1CCN(c2ccccc2F)CC1. The molecule has 0 bridgehead atoms. The van der Waals surface area contributed by atoms with Gasteiger partial charge in [0, 0.05) is 32.7 Å². The van der Waals surface area contributed by atoms with Gasteiger partial charge in [0.05, 0.1) is 11.3 Å². The van der Waals surface area contributed by atoms with Crippen LogP contribution in [0.5, 0.6) is 0 Å². The maximum Gasteiger partial charge on any atom is 0.146 e. The van der Waals surface area contributed by atoms with Crippen LogP contribution in [0.1, 0.15) is 26.7 Å². The molecular weight excluding hydrogens is 255 g/mol. The summed E-state index contributed by atoms with van der Waals surface area (Å²) in [7, 11) is 0. The molecule has 112 valence electrons. The average molecular weight is 280 g/mol. The molecule has 3 nitrogen and oxygen atoms in total. The lowest BCUT2D eigenvalue weighted by molar-refractivity contribution is -0.00458. The minimum atomic E-state index is -0.583. The van der Waals surface area contributed by atoms with Gasteiger partial charge in [0.25, 0.3) is 0 Å². The van der Waals surface area contributed by atoms with Crippen LogP contribution in [0.4, 0.5) is 10.1 Å². The third-order valence-electron chi connectivity index (χ3n) is 4.40. The lowest BCUT2D eigenvalue weighted by Gasteiger charge is -2.39. The average Bonchev–Trinajstić information content (AvgIpc) is 2.49. The summed E-state index contributed by atoms with van der Waals surface area (Å²) in [5.74, 6) is -0.153. The standard InChI is InChI=1S/C16H25FN2O/c1-3-16(20,4-2)13-18-9-11-19(12-10-18)15-8-6-5-7-14(15)17/h5-8,20H,3-4,9-13H2,1-2H3. The predicted octanol–water partition coefficient (Wildman–Crippen LogP) is 2.50. The highest BCUT2D eigenvalue weighted by Crippen LogP contribution is 2.22. The van der Waals surface area contributed by atoms with Gasteiger partial charge in [-0.3, -0.25) is 4.90 Å². The van der Waals surface area contributed by atoms with Gasteiger partial charge in [-0.2, -0.15) is 0 Å². The van der Waals surface area contributed by atoms with E-state index < -0.39 is 5.60 Å². The van der Waals surface area contributed by atoms with Crippen LogP contribution in [0, 0.1) is 5.82 Å². The number of hydrogen-bond donors (Lipinski definition) is 1. The summed E-state index contributed by atoms with van der Waals surface area (Å²) < 4.78 is 13.8. The van der Waals surface area contributed by atoms with Crippen molar-refractivity contribution in [1.29, 1.82) is 0 Å². The third-order valence-corrected chi connectivity index (χ3v) is 4.40. The Morgan fingerprint density at radius 1 is 1.10 bits per heavy atom. The predicted molar refractivity (Wildman–Crippen MR) is 80.6 cm³/mol. The molecular formula is C16H25FN2O. The fourth-order valence-corrected chi connectivity index (χ4v) is 2.74. The van der Waals surface area contributed by atoms with E-state index in [2.05, 4.69) is 9.80 Å². The lowest BCUT2D eigenvalue weighted by Crippen LogP contribution is -2.52. The molecule has 1 aromatic rings. The molecule has 1 saturated heterocycles. The van der Waals surface area contributed by atoms with Crippen molar-refractivity contribution in [1.82, 2.24) is 4.90 Å². The van der Waals surface area contributed by atoms with Crippen molar-refractivity contribution in [3.8, 4) is 0 Å². The zero-order valence-electron chi connectivity index (χ0n) is 12.5. The van der Waals surface area contributed by atoms with Gasteiger partial charge in [-0.15, -0.1) is 0 Å². The number of hydrogen-bond acceptors (Lipinski definition) is 3. The number of anilines is 1. The molecule has 1 aliphatic rings. The molecule has 0 radical (unpaired) electrons. The minimum Gasteiger partial charge on any atom is -0.389 e. The van der Waals surface area contributed by atoms with E-state index in [0.717, 1.165) is 39.0 Å². The Kier molecular flexibility index (Phi) is 5.00. The summed E-state index contributed by atoms with van der Waals surface area (Å²) in [5, 5.41) is 10.4. The quantitative estimate of drug-likeness (QED) is 0.897. The first-order valence-corrected chi connectivity index (χ1v) is 7.52. The number of para-hydroxylation sites is 1. The molecule has 0 spiro atoms. The maximum absolute atomic E-state index is 13.8. The summed E-state index contributed by atoms with van der Waals surface area (Å²) in [5.41, 5.74) is 0.105. The second kappa shape index (κ2) is 6.55. The van der Waals surface area contributed by atoms with E-state index in [4.69, 9.17) is 0 Å². The number of piperazine rings is 1. The topological polar surface area (TPSA) is 26.7 Å². The molecule has 20 heavy (non-hydrogen) atoms. The molecule has 2 rings (SSSR count). The molecule has 1 aromatic carbocycles. The van der Waals surface area contributed by atoms with Crippen molar-refractivity contribution in [2.75, 3.05) is 37.6 Å². The van der Waals surface area contributed by atoms with Crippen LogP contribution in [0.25, 0.3) is 0 Å². The number of benzene rings is 1. The zero-order chi connectivity index (χ0) is 14.6. The zero-order valence-corrected chi connectivity index (χ0v) is 12.5. The minimum absolute atomic E-state index is 0.153. The van der Waals surface area contributed by atoms with Crippen molar-refractivity contribution >= 4 is 5.69 Å². The lowest BCUT2D eigenvalue weighted by atomic mass is 9.96. The highest BCUT2D eigenvalue weighted by atomic mass is 19.1. The van der Waals surface area contributed by atoms with Gasteiger partial charge in [0.15, 0.2) is 0 Å². The van der Waals surface area contributed by atoms with E-state index in [9.17, 15) is 9.50 Å². The van der Waals surface area contributed by atoms with Crippen LogP contribution in [0.2, 0.25) is 0 Å². The van der Waals surface area contributed by atoms with Gasteiger partial charge in [-0.05, 0) is 25.0 Å². The molecule has 0 unspecified atom stereocenters. The summed E-state index contributed by atoms with van der Waals surface area (Å²) in [6, 6.07) is 6.93. The Morgan fingerprint density at radius 2 is 1.70 bits per heavy atom. The van der Waals surface area contributed by atoms with Crippen molar-refractivity contribution in [3.05, 3.63) is 30.1 Å². The number of rotatable bonds is 5. The van der Waals surface area contributed by atoms with Crippen LogP contribution in [-0.2, 0) is 0 Å². The molecule has 0 atom stereocenters. The molecule has 0 aromatic heterocycles. The van der Waals surface area contributed by atoms with Crippen molar-refractivity contribution < 1.29 is 9.50 Å². The van der Waals surface area contributed by atoms with Gasteiger partial charge in [-0.1, -0.05) is 26.0 Å². The second-order valence-corrected chi connectivity index (χ2v) is 5.65. The summed E-state index contributed by atoms with van der Waals surface area (Å²) in [6.07, 6.45) is 1.55. The van der Waals surface area contributed by atoms with E-state index in [1.54, 1.807) is 6.07 Å². The van der Waals surface area contributed by atoms with E-state index in [-0.39, 0.29) is 5.82 Å². The third kappa shape index (κ3) is 3.49. The first-order valence-electron chi connectivity index (χ1n) is 7.52. The summed E-state index contributed by atoms with van der Waals surface area (Å²) in [4.78, 5) is 4.37. The number of halogens is 1. The van der Waals surface area contributed by atoms with Crippen LogP contribution < -0.4 is 4.90 Å².